The van der Waals surface area contributed by atoms with E-state index < -0.39 is 0 Å². The lowest BCUT2D eigenvalue weighted by molar-refractivity contribution is 0.285. The minimum absolute atomic E-state index is 0.606. The third kappa shape index (κ3) is 2.86. The fourth-order valence-electron chi connectivity index (χ4n) is 4.10. The monoisotopic (exact) mass is 323 g/mol. The summed E-state index contributed by atoms with van der Waals surface area (Å²) in [6.07, 6.45) is 5.73. The number of nitrogens with one attached hydrogen (secondary N) is 1. The molecule has 0 amide bonds. The Labute approximate surface area is 143 Å². The second-order valence-electron chi connectivity index (χ2n) is 6.98. The van der Waals surface area contributed by atoms with Gasteiger partial charge in [-0.25, -0.2) is 4.98 Å². The molecule has 1 unspecified atom stereocenters. The first-order chi connectivity index (χ1) is 11.7. The van der Waals surface area contributed by atoms with Crippen molar-refractivity contribution in [1.29, 1.82) is 0 Å². The van der Waals surface area contributed by atoms with Crippen LogP contribution < -0.4 is 10.1 Å². The van der Waals surface area contributed by atoms with E-state index in [1.165, 1.54) is 42.6 Å². The number of likely N-dealkylation sites (tertiary alicyclic amines) is 1. The van der Waals surface area contributed by atoms with Crippen molar-refractivity contribution < 1.29 is 4.74 Å². The predicted octanol–water partition coefficient (Wildman–Crippen LogP) is 3.75. The van der Waals surface area contributed by atoms with E-state index >= 15 is 0 Å². The number of methoxy groups -OCH3 is 1. The van der Waals surface area contributed by atoms with Gasteiger partial charge < -0.3 is 15.0 Å². The summed E-state index contributed by atoms with van der Waals surface area (Å²) in [5.41, 5.74) is 5.16. The number of aromatic nitrogens is 1. The van der Waals surface area contributed by atoms with E-state index in [1.807, 2.05) is 18.3 Å². The summed E-state index contributed by atoms with van der Waals surface area (Å²) in [5.74, 6) is 1.27. The quantitative estimate of drug-likeness (QED) is 0.930. The van der Waals surface area contributed by atoms with E-state index in [0.717, 1.165) is 18.2 Å². The minimum atomic E-state index is 0.606. The maximum absolute atomic E-state index is 5.26. The maximum Gasteiger partial charge on any atom is 0.213 e. The highest BCUT2D eigenvalue weighted by molar-refractivity contribution is 5.71. The molecule has 126 valence electrons. The third-order valence-corrected chi connectivity index (χ3v) is 5.54. The van der Waals surface area contributed by atoms with E-state index in [1.54, 1.807) is 7.11 Å². The predicted molar refractivity (Wildman–Crippen MR) is 97.7 cm³/mol. The fourth-order valence-corrected chi connectivity index (χ4v) is 4.10. The van der Waals surface area contributed by atoms with E-state index in [9.17, 15) is 0 Å². The van der Waals surface area contributed by atoms with Gasteiger partial charge in [-0.2, -0.15) is 0 Å². The zero-order valence-electron chi connectivity index (χ0n) is 14.5. The van der Waals surface area contributed by atoms with Gasteiger partial charge in [-0.15, -0.1) is 0 Å². The molecule has 2 aliphatic rings. The molecule has 1 aromatic heterocycles. The number of hydrogen-bond donors (Lipinski definition) is 1. The molecule has 2 atom stereocenters. The van der Waals surface area contributed by atoms with E-state index in [-0.39, 0.29) is 0 Å². The van der Waals surface area contributed by atoms with Gasteiger partial charge in [0.1, 0.15) is 0 Å². The molecule has 2 aromatic rings. The molecular weight excluding hydrogens is 298 g/mol. The molecule has 2 aliphatic heterocycles. The van der Waals surface area contributed by atoms with Crippen LogP contribution in [0.15, 0.2) is 36.5 Å². The van der Waals surface area contributed by atoms with Crippen molar-refractivity contribution in [3.05, 3.63) is 42.1 Å². The molecule has 0 aliphatic carbocycles. The lowest BCUT2D eigenvalue weighted by atomic mass is 9.91. The molecule has 0 radical (unpaired) electrons. The number of ether oxygens (including phenoxy) is 1. The average molecular weight is 323 g/mol. The number of rotatable bonds is 4. The van der Waals surface area contributed by atoms with Crippen molar-refractivity contribution in [1.82, 2.24) is 9.88 Å². The Morgan fingerprint density at radius 3 is 2.92 bits per heavy atom. The molecule has 4 heteroatoms. The Bertz CT molecular complexity index is 731. The van der Waals surface area contributed by atoms with Gasteiger partial charge in [-0.1, -0.05) is 6.07 Å². The van der Waals surface area contributed by atoms with Gasteiger partial charge in [-0.05, 0) is 67.7 Å². The highest BCUT2D eigenvalue weighted by atomic mass is 16.5. The van der Waals surface area contributed by atoms with Crippen molar-refractivity contribution in [2.75, 3.05) is 32.6 Å². The largest absolute Gasteiger partial charge is 0.481 e. The van der Waals surface area contributed by atoms with Crippen LogP contribution in [0.4, 0.5) is 5.69 Å². The summed E-state index contributed by atoms with van der Waals surface area (Å²) in [6, 6.07) is 11.5. The first-order valence-corrected chi connectivity index (χ1v) is 8.83. The van der Waals surface area contributed by atoms with Gasteiger partial charge in [-0.3, -0.25) is 0 Å². The van der Waals surface area contributed by atoms with Crippen LogP contribution in [0.3, 0.4) is 0 Å². The molecule has 4 nitrogen and oxygen atoms in total. The molecule has 1 saturated heterocycles. The van der Waals surface area contributed by atoms with Crippen LogP contribution >= 0.6 is 0 Å². The Hall–Kier alpha value is -2.07. The zero-order valence-corrected chi connectivity index (χ0v) is 14.5. The summed E-state index contributed by atoms with van der Waals surface area (Å²) in [7, 11) is 3.92. The Morgan fingerprint density at radius 2 is 2.12 bits per heavy atom. The Morgan fingerprint density at radius 1 is 1.25 bits per heavy atom. The number of anilines is 1. The second kappa shape index (κ2) is 6.44. The summed E-state index contributed by atoms with van der Waals surface area (Å²) >= 11 is 0. The van der Waals surface area contributed by atoms with Gasteiger partial charge in [0.15, 0.2) is 0 Å². The number of nitrogens with zero attached hydrogens (tertiary/aromatic N) is 2. The van der Waals surface area contributed by atoms with E-state index in [4.69, 9.17) is 4.74 Å². The molecule has 1 N–H and O–H groups in total. The van der Waals surface area contributed by atoms with Gasteiger partial charge in [0.25, 0.3) is 0 Å². The highest BCUT2D eigenvalue weighted by Crippen LogP contribution is 2.39. The summed E-state index contributed by atoms with van der Waals surface area (Å²) in [5, 5.41) is 3.58. The molecular formula is C20H25N3O. The average Bonchev–Trinajstić information content (AvgIpc) is 3.21. The molecule has 3 heterocycles. The summed E-state index contributed by atoms with van der Waals surface area (Å²) in [6.45, 7) is 2.30. The summed E-state index contributed by atoms with van der Waals surface area (Å²) < 4.78 is 5.26. The van der Waals surface area contributed by atoms with Crippen molar-refractivity contribution in [3.8, 4) is 17.0 Å². The Kier molecular flexibility index (Phi) is 4.15. The minimum Gasteiger partial charge on any atom is -0.481 e. The molecule has 24 heavy (non-hydrogen) atoms. The van der Waals surface area contributed by atoms with Crippen LogP contribution in [0.5, 0.6) is 5.88 Å². The van der Waals surface area contributed by atoms with Gasteiger partial charge >= 0.3 is 0 Å². The summed E-state index contributed by atoms with van der Waals surface area (Å²) in [4.78, 5) is 6.73. The zero-order chi connectivity index (χ0) is 16.5. The fraction of sp³-hybridized carbons (Fsp3) is 0.450. The lowest BCUT2D eigenvalue weighted by Crippen LogP contribution is -2.27. The van der Waals surface area contributed by atoms with Crippen LogP contribution in [0, 0.1) is 0 Å². The van der Waals surface area contributed by atoms with E-state index in [0.29, 0.717) is 11.8 Å². The molecule has 4 rings (SSSR count). The van der Waals surface area contributed by atoms with Gasteiger partial charge in [0.2, 0.25) is 5.88 Å². The molecule has 0 spiro atoms. The molecule has 0 bridgehead atoms. The van der Waals surface area contributed by atoms with Gasteiger partial charge in [0, 0.05) is 36.5 Å². The smallest absolute Gasteiger partial charge is 0.213 e. The molecule has 0 saturated carbocycles. The highest BCUT2D eigenvalue weighted by Gasteiger charge is 2.29. The SMILES string of the molecule is COc1cc(-c2ccc3c(c2)C(C[C@H]2CCCN2C)CN3)ccn1. The number of benzene rings is 1. The van der Waals surface area contributed by atoms with Crippen LogP contribution in [0.2, 0.25) is 0 Å². The van der Waals surface area contributed by atoms with Gasteiger partial charge in [0.05, 0.1) is 7.11 Å². The Balaban J connectivity index is 1.60. The number of fused-ring (bicyclic) bond motifs is 1. The first kappa shape index (κ1) is 15.5. The standard InChI is InChI=1S/C20H25N3O/c1-23-9-3-4-17(23)10-16-13-22-19-6-5-14(11-18(16)19)15-7-8-21-20(12-15)24-2/h5-8,11-12,16-17,22H,3-4,9-10,13H2,1-2H3/t16?,17-/m1/s1. The topological polar surface area (TPSA) is 37.4 Å². The van der Waals surface area contributed by atoms with Crippen LogP contribution in [-0.4, -0.2) is 43.2 Å². The lowest BCUT2D eigenvalue weighted by Gasteiger charge is -2.23. The molecule has 1 fully saturated rings. The van der Waals surface area contributed by atoms with Crippen molar-refractivity contribution >= 4 is 5.69 Å². The molecule has 1 aromatic carbocycles. The normalized spacial score (nSPS) is 23.1. The third-order valence-electron chi connectivity index (χ3n) is 5.54. The number of hydrogen-bond acceptors (Lipinski definition) is 4. The maximum atomic E-state index is 5.26. The van der Waals surface area contributed by atoms with Crippen molar-refractivity contribution in [2.45, 2.75) is 31.2 Å². The van der Waals surface area contributed by atoms with Crippen molar-refractivity contribution in [2.24, 2.45) is 0 Å². The van der Waals surface area contributed by atoms with Crippen molar-refractivity contribution in [3.63, 3.8) is 0 Å². The van der Waals surface area contributed by atoms with E-state index in [2.05, 4.69) is 40.4 Å². The number of pyridine rings is 1. The second-order valence-corrected chi connectivity index (χ2v) is 6.98. The van der Waals surface area contributed by atoms with Crippen LogP contribution in [-0.2, 0) is 0 Å². The van der Waals surface area contributed by atoms with Crippen LogP contribution in [0.25, 0.3) is 11.1 Å². The van der Waals surface area contributed by atoms with Crippen LogP contribution in [0.1, 0.15) is 30.7 Å². The first-order valence-electron chi connectivity index (χ1n) is 8.83.